The smallest absolute Gasteiger partial charge is 0.161 e. The van der Waals surface area contributed by atoms with Gasteiger partial charge in [-0.2, -0.15) is 0 Å². The largest absolute Gasteiger partial charge is 0.457 e. The Labute approximate surface area is 340 Å². The molecule has 4 nitrogen and oxygen atoms in total. The number of nitrogens with zero attached hydrogens (tertiary/aromatic N) is 3. The molecule has 0 fully saturated rings. The highest BCUT2D eigenvalue weighted by Crippen LogP contribution is 2.62. The molecule has 0 bridgehead atoms. The van der Waals surface area contributed by atoms with Crippen molar-refractivity contribution in [1.82, 2.24) is 14.5 Å². The van der Waals surface area contributed by atoms with E-state index in [-0.39, 0.29) is 0 Å². The monoisotopic (exact) mass is 751 g/mol. The second kappa shape index (κ2) is 12.1. The van der Waals surface area contributed by atoms with Gasteiger partial charge in [0.15, 0.2) is 5.82 Å². The van der Waals surface area contributed by atoms with E-state index in [0.29, 0.717) is 5.82 Å². The average molecular weight is 752 g/mol. The summed E-state index contributed by atoms with van der Waals surface area (Å²) >= 11 is 0. The molecule has 4 heteroatoms. The minimum absolute atomic E-state index is 0.567. The summed E-state index contributed by atoms with van der Waals surface area (Å²) < 4.78 is 9.13. The molecular weight excluding hydrogens is 719 g/mol. The summed E-state index contributed by atoms with van der Waals surface area (Å²) in [6.07, 6.45) is 0. The molecule has 0 unspecified atom stereocenters. The van der Waals surface area contributed by atoms with E-state index in [4.69, 9.17) is 14.7 Å². The molecule has 0 saturated carbocycles. The van der Waals surface area contributed by atoms with Gasteiger partial charge in [0, 0.05) is 43.8 Å². The van der Waals surface area contributed by atoms with E-state index in [2.05, 4.69) is 193 Å². The van der Waals surface area contributed by atoms with Crippen LogP contribution in [0.25, 0.3) is 82.9 Å². The Morgan fingerprint density at radius 1 is 0.390 bits per heavy atom. The molecule has 1 aliphatic heterocycles. The highest BCUT2D eigenvalue weighted by Gasteiger charge is 2.51. The topological polar surface area (TPSA) is 39.9 Å². The van der Waals surface area contributed by atoms with Crippen molar-refractivity contribution >= 4 is 43.5 Å². The zero-order chi connectivity index (χ0) is 38.7. The molecular formula is C55H33N3O. The van der Waals surface area contributed by atoms with Crippen LogP contribution < -0.4 is 4.74 Å². The molecule has 0 saturated heterocycles. The number of ether oxygens (including phenoxy) is 1. The molecule has 1 aliphatic carbocycles. The normalized spacial score (nSPS) is 13.4. The van der Waals surface area contributed by atoms with Gasteiger partial charge >= 0.3 is 0 Å². The Hall–Kier alpha value is -7.82. The van der Waals surface area contributed by atoms with Gasteiger partial charge in [0.25, 0.3) is 0 Å². The van der Waals surface area contributed by atoms with E-state index in [0.717, 1.165) is 77.8 Å². The third-order valence-corrected chi connectivity index (χ3v) is 12.7. The Bertz CT molecular complexity index is 3500. The minimum Gasteiger partial charge on any atom is -0.457 e. The van der Waals surface area contributed by atoms with Gasteiger partial charge in [-0.05, 0) is 76.2 Å². The van der Waals surface area contributed by atoms with Crippen molar-refractivity contribution in [2.45, 2.75) is 5.41 Å². The van der Waals surface area contributed by atoms with Gasteiger partial charge in [0.1, 0.15) is 11.5 Å². The average Bonchev–Trinajstić information content (AvgIpc) is 3.77. The van der Waals surface area contributed by atoms with Gasteiger partial charge in [0.2, 0.25) is 0 Å². The van der Waals surface area contributed by atoms with Crippen LogP contribution in [0.1, 0.15) is 22.3 Å². The van der Waals surface area contributed by atoms with Gasteiger partial charge in [-0.25, -0.2) is 9.97 Å². The van der Waals surface area contributed by atoms with Crippen LogP contribution >= 0.6 is 0 Å². The van der Waals surface area contributed by atoms with Crippen molar-refractivity contribution in [2.75, 3.05) is 0 Å². The summed E-state index contributed by atoms with van der Waals surface area (Å²) in [6, 6.07) is 71.8. The van der Waals surface area contributed by atoms with Crippen molar-refractivity contribution < 1.29 is 4.74 Å². The molecule has 11 aromatic rings. The maximum atomic E-state index is 6.66. The van der Waals surface area contributed by atoms with Crippen molar-refractivity contribution in [2.24, 2.45) is 0 Å². The number of hydrogen-bond donors (Lipinski definition) is 0. The Morgan fingerprint density at radius 3 is 1.81 bits per heavy atom. The lowest BCUT2D eigenvalue weighted by Gasteiger charge is -2.39. The number of rotatable bonds is 3. The first kappa shape index (κ1) is 32.3. The Kier molecular flexibility index (Phi) is 6.62. The third-order valence-electron chi connectivity index (χ3n) is 12.7. The summed E-state index contributed by atoms with van der Waals surface area (Å²) in [5, 5.41) is 5.71. The maximum Gasteiger partial charge on any atom is 0.161 e. The summed E-state index contributed by atoms with van der Waals surface area (Å²) in [4.78, 5) is 10.5. The van der Waals surface area contributed by atoms with Crippen LogP contribution in [-0.4, -0.2) is 14.5 Å². The molecule has 1 spiro atoms. The number of aromatic nitrogens is 3. The highest BCUT2D eigenvalue weighted by molar-refractivity contribution is 6.14. The lowest BCUT2D eigenvalue weighted by molar-refractivity contribution is 0.436. The summed E-state index contributed by atoms with van der Waals surface area (Å²) in [6.45, 7) is 0. The molecule has 0 radical (unpaired) electrons. The molecule has 0 N–H and O–H groups in total. The van der Waals surface area contributed by atoms with E-state index >= 15 is 0 Å². The predicted octanol–water partition coefficient (Wildman–Crippen LogP) is 13.7. The van der Waals surface area contributed by atoms with E-state index in [1.54, 1.807) is 0 Å². The van der Waals surface area contributed by atoms with Crippen molar-refractivity contribution in [3.8, 4) is 51.0 Å². The molecule has 274 valence electrons. The van der Waals surface area contributed by atoms with Crippen LogP contribution in [0.2, 0.25) is 0 Å². The molecule has 13 rings (SSSR count). The molecule has 2 aliphatic rings. The second-order valence-electron chi connectivity index (χ2n) is 15.6. The van der Waals surface area contributed by atoms with Gasteiger partial charge in [-0.1, -0.05) is 152 Å². The van der Waals surface area contributed by atoms with Crippen LogP contribution in [0.15, 0.2) is 200 Å². The number of para-hydroxylation sites is 4. The van der Waals surface area contributed by atoms with E-state index in [1.165, 1.54) is 33.0 Å². The Balaban J connectivity index is 1.10. The van der Waals surface area contributed by atoms with Crippen molar-refractivity contribution in [3.05, 3.63) is 222 Å². The van der Waals surface area contributed by atoms with E-state index < -0.39 is 5.41 Å². The summed E-state index contributed by atoms with van der Waals surface area (Å²) in [5.74, 6) is 2.49. The van der Waals surface area contributed by atoms with Crippen molar-refractivity contribution in [1.29, 1.82) is 0 Å². The molecule has 59 heavy (non-hydrogen) atoms. The zero-order valence-electron chi connectivity index (χ0n) is 31.8. The molecule has 3 heterocycles. The van der Waals surface area contributed by atoms with Crippen LogP contribution in [0.5, 0.6) is 11.5 Å². The second-order valence-corrected chi connectivity index (χ2v) is 15.6. The fourth-order valence-electron chi connectivity index (χ4n) is 10.3. The lowest BCUT2D eigenvalue weighted by Crippen LogP contribution is -2.32. The molecule has 0 amide bonds. The van der Waals surface area contributed by atoms with Crippen LogP contribution in [0, 0.1) is 0 Å². The quantitative estimate of drug-likeness (QED) is 0.180. The first-order valence-corrected chi connectivity index (χ1v) is 20.2. The zero-order valence-corrected chi connectivity index (χ0v) is 31.8. The lowest BCUT2D eigenvalue weighted by atomic mass is 9.66. The van der Waals surface area contributed by atoms with Crippen LogP contribution in [0.4, 0.5) is 0 Å². The van der Waals surface area contributed by atoms with Crippen molar-refractivity contribution in [3.63, 3.8) is 0 Å². The summed E-state index contributed by atoms with van der Waals surface area (Å²) in [7, 11) is 0. The van der Waals surface area contributed by atoms with Gasteiger partial charge in [-0.15, -0.1) is 0 Å². The maximum absolute atomic E-state index is 6.66. The SMILES string of the molecule is c1ccc(-c2nc(-c3ccc(-n4c5ccccc5c5cc6c(cc54)C4(c5ccccc5Oc5ccccc54)c4ccccc4-6)c4ccccc34)nc3ccccc23)cc1. The predicted molar refractivity (Wildman–Crippen MR) is 240 cm³/mol. The number of benzene rings is 9. The number of hydrogen-bond acceptors (Lipinski definition) is 3. The van der Waals surface area contributed by atoms with Gasteiger partial charge in [0.05, 0.1) is 33.3 Å². The Morgan fingerprint density at radius 2 is 1.02 bits per heavy atom. The van der Waals surface area contributed by atoms with E-state index in [1.807, 2.05) is 12.1 Å². The third kappa shape index (κ3) is 4.37. The first-order valence-electron chi connectivity index (χ1n) is 20.2. The molecule has 2 aromatic heterocycles. The van der Waals surface area contributed by atoms with Gasteiger partial charge in [-0.3, -0.25) is 0 Å². The number of fused-ring (bicyclic) bond motifs is 14. The van der Waals surface area contributed by atoms with Crippen LogP contribution in [0.3, 0.4) is 0 Å². The van der Waals surface area contributed by atoms with Gasteiger partial charge < -0.3 is 9.30 Å². The standard InChI is InChI=1S/C55H33N3O/c1-2-16-34(17-3-1)53-40-22-7-12-26-47(40)56-54(57-53)39-30-31-49(37-20-5-4-18-35(37)39)58-48-27-13-8-21-38(48)42-32-41-36-19-6-9-23-43(36)55(46(41)33-50(42)58)44-24-10-14-28-51(44)59-52-29-15-11-25-45(52)55/h1-33H. The first-order chi connectivity index (χ1) is 29.3. The fourth-order valence-corrected chi connectivity index (χ4v) is 10.3. The van der Waals surface area contributed by atoms with Crippen LogP contribution in [-0.2, 0) is 5.41 Å². The fraction of sp³-hybridized carbons (Fsp3) is 0.0182. The summed E-state index contributed by atoms with van der Waals surface area (Å²) in [5.41, 5.74) is 14.2. The minimum atomic E-state index is -0.567. The molecule has 9 aromatic carbocycles. The highest BCUT2D eigenvalue weighted by atomic mass is 16.5. The molecule has 0 atom stereocenters. The van der Waals surface area contributed by atoms with E-state index in [9.17, 15) is 0 Å².